The Bertz CT molecular complexity index is 1080. The van der Waals surface area contributed by atoms with Crippen LogP contribution in [0.5, 0.6) is 0 Å². The maximum atomic E-state index is 10.3. The van der Waals surface area contributed by atoms with Gasteiger partial charge in [-0.15, -0.1) is 12.4 Å². The first-order chi connectivity index (χ1) is 13.8. The molecule has 0 bridgehead atoms. The zero-order valence-electron chi connectivity index (χ0n) is 16.3. The minimum Gasteiger partial charge on any atom is -0.454 e. The number of aromatic nitrogens is 3. The standard InChI is InChI=1S/C19H22ClN5O4.ClH/c1-7-3-9-5-12(29-16(9)8(2)22-7)13-17(20)24-19(21)25-18(13)23-11-4-10(6-26)14(27)15(11)28;/h3,5,10-11,14-15,26-28H,4,6H2,1-2H3,(H3,21,23,24,25);1H/t10-,11-,14-,15+;/m1./s1. The Morgan fingerprint density at radius 2 is 1.93 bits per heavy atom. The number of nitrogen functional groups attached to an aromatic ring is 1. The van der Waals surface area contributed by atoms with Crippen molar-refractivity contribution in [2.24, 2.45) is 5.92 Å². The van der Waals surface area contributed by atoms with Crippen LogP contribution in [0.2, 0.25) is 5.15 Å². The van der Waals surface area contributed by atoms with Gasteiger partial charge in [0, 0.05) is 23.6 Å². The van der Waals surface area contributed by atoms with Crippen LogP contribution in [0.3, 0.4) is 0 Å². The largest absolute Gasteiger partial charge is 0.454 e. The van der Waals surface area contributed by atoms with Crippen molar-refractivity contribution in [2.45, 2.75) is 38.5 Å². The van der Waals surface area contributed by atoms with Crippen LogP contribution in [0, 0.1) is 19.8 Å². The van der Waals surface area contributed by atoms with Gasteiger partial charge in [0.15, 0.2) is 5.58 Å². The molecule has 1 saturated carbocycles. The summed E-state index contributed by atoms with van der Waals surface area (Å²) in [6, 6.07) is 3.16. The predicted octanol–water partition coefficient (Wildman–Crippen LogP) is 2.07. The van der Waals surface area contributed by atoms with Gasteiger partial charge in [-0.05, 0) is 32.4 Å². The highest BCUT2D eigenvalue weighted by atomic mass is 35.5. The summed E-state index contributed by atoms with van der Waals surface area (Å²) in [5, 5.41) is 33.9. The molecule has 0 spiro atoms. The molecular formula is C19H23Cl2N5O4. The van der Waals surface area contributed by atoms with E-state index in [2.05, 4.69) is 20.3 Å². The maximum absolute atomic E-state index is 10.3. The molecule has 4 rings (SSSR count). The van der Waals surface area contributed by atoms with Crippen molar-refractivity contribution in [3.63, 3.8) is 0 Å². The fourth-order valence-corrected chi connectivity index (χ4v) is 4.16. The first kappa shape index (κ1) is 22.5. The van der Waals surface area contributed by atoms with E-state index in [9.17, 15) is 15.3 Å². The number of nitrogens with two attached hydrogens (primary N) is 1. The van der Waals surface area contributed by atoms with Gasteiger partial charge in [0.25, 0.3) is 0 Å². The summed E-state index contributed by atoms with van der Waals surface area (Å²) in [4.78, 5) is 12.7. The van der Waals surface area contributed by atoms with Crippen molar-refractivity contribution >= 4 is 46.7 Å². The van der Waals surface area contributed by atoms with Crippen LogP contribution in [-0.2, 0) is 0 Å². The smallest absolute Gasteiger partial charge is 0.223 e. The number of hydrogen-bond donors (Lipinski definition) is 5. The fourth-order valence-electron chi connectivity index (χ4n) is 3.89. The molecule has 30 heavy (non-hydrogen) atoms. The molecule has 9 nitrogen and oxygen atoms in total. The van der Waals surface area contributed by atoms with Gasteiger partial charge in [-0.1, -0.05) is 11.6 Å². The molecule has 0 saturated heterocycles. The number of rotatable bonds is 4. The Balaban J connectivity index is 0.00000256. The summed E-state index contributed by atoms with van der Waals surface area (Å²) in [6.45, 7) is 3.52. The number of halogens is 2. The van der Waals surface area contributed by atoms with E-state index in [0.717, 1.165) is 16.8 Å². The van der Waals surface area contributed by atoms with Crippen LogP contribution >= 0.6 is 24.0 Å². The zero-order chi connectivity index (χ0) is 20.9. The molecule has 1 aliphatic carbocycles. The summed E-state index contributed by atoms with van der Waals surface area (Å²) in [5.41, 5.74) is 8.40. The third kappa shape index (κ3) is 3.91. The Morgan fingerprint density at radius 1 is 1.20 bits per heavy atom. The molecule has 0 radical (unpaired) electrons. The minimum absolute atomic E-state index is 0. The number of anilines is 2. The summed E-state index contributed by atoms with van der Waals surface area (Å²) in [6.07, 6.45) is -1.78. The van der Waals surface area contributed by atoms with Crippen LogP contribution in [0.15, 0.2) is 16.5 Å². The van der Waals surface area contributed by atoms with Crippen molar-refractivity contribution in [2.75, 3.05) is 17.7 Å². The van der Waals surface area contributed by atoms with E-state index in [0.29, 0.717) is 23.3 Å². The topological polar surface area (TPSA) is 151 Å². The van der Waals surface area contributed by atoms with E-state index in [1.54, 1.807) is 0 Å². The normalized spacial score (nSPS) is 23.5. The number of aliphatic hydroxyl groups excluding tert-OH is 3. The van der Waals surface area contributed by atoms with Crippen LogP contribution in [-0.4, -0.2) is 55.1 Å². The second kappa shape index (κ2) is 8.52. The molecule has 0 amide bonds. The molecule has 0 unspecified atom stereocenters. The second-order valence-corrected chi connectivity index (χ2v) is 7.74. The number of nitrogens with one attached hydrogen (secondary N) is 1. The van der Waals surface area contributed by atoms with Crippen LogP contribution < -0.4 is 11.1 Å². The quantitative estimate of drug-likeness (QED) is 0.372. The van der Waals surface area contributed by atoms with Crippen molar-refractivity contribution in [1.29, 1.82) is 0 Å². The lowest BCUT2D eigenvalue weighted by Crippen LogP contribution is -2.35. The van der Waals surface area contributed by atoms with Gasteiger partial charge in [-0.25, -0.2) is 4.98 Å². The Kier molecular flexibility index (Phi) is 6.40. The first-order valence-corrected chi connectivity index (χ1v) is 9.61. The third-order valence-electron chi connectivity index (χ3n) is 5.28. The molecule has 1 fully saturated rings. The van der Waals surface area contributed by atoms with E-state index >= 15 is 0 Å². The monoisotopic (exact) mass is 455 g/mol. The Hall–Kier alpha value is -2.17. The molecule has 3 aromatic rings. The average molecular weight is 456 g/mol. The van der Waals surface area contributed by atoms with Crippen LogP contribution in [0.4, 0.5) is 11.8 Å². The van der Waals surface area contributed by atoms with Gasteiger partial charge < -0.3 is 30.8 Å². The van der Waals surface area contributed by atoms with Gasteiger partial charge in [0.05, 0.1) is 23.4 Å². The summed E-state index contributed by atoms with van der Waals surface area (Å²) in [7, 11) is 0. The molecule has 1 aliphatic rings. The molecule has 6 N–H and O–H groups in total. The first-order valence-electron chi connectivity index (χ1n) is 9.23. The van der Waals surface area contributed by atoms with Crippen molar-refractivity contribution in [3.05, 3.63) is 28.7 Å². The van der Waals surface area contributed by atoms with Gasteiger partial charge in [0.1, 0.15) is 22.8 Å². The lowest BCUT2D eigenvalue weighted by atomic mass is 10.1. The molecule has 3 aromatic heterocycles. The number of fused-ring (bicyclic) bond motifs is 1. The van der Waals surface area contributed by atoms with E-state index < -0.39 is 24.2 Å². The van der Waals surface area contributed by atoms with Crippen LogP contribution in [0.1, 0.15) is 17.8 Å². The third-order valence-corrected chi connectivity index (χ3v) is 5.56. The molecule has 0 aliphatic heterocycles. The van der Waals surface area contributed by atoms with Crippen molar-refractivity contribution < 1.29 is 19.7 Å². The fraction of sp³-hybridized carbons (Fsp3) is 0.421. The number of hydrogen-bond acceptors (Lipinski definition) is 9. The predicted molar refractivity (Wildman–Crippen MR) is 116 cm³/mol. The number of nitrogens with zero attached hydrogens (tertiary/aromatic N) is 3. The lowest BCUT2D eigenvalue weighted by Gasteiger charge is -2.20. The highest BCUT2D eigenvalue weighted by molar-refractivity contribution is 6.32. The maximum Gasteiger partial charge on any atom is 0.223 e. The Morgan fingerprint density at radius 3 is 2.60 bits per heavy atom. The number of aryl methyl sites for hydroxylation is 2. The average Bonchev–Trinajstić information content (AvgIpc) is 3.17. The molecule has 0 aromatic carbocycles. The molecular weight excluding hydrogens is 433 g/mol. The lowest BCUT2D eigenvalue weighted by molar-refractivity contribution is 0.00446. The molecule has 3 heterocycles. The van der Waals surface area contributed by atoms with Crippen molar-refractivity contribution in [1.82, 2.24) is 15.0 Å². The van der Waals surface area contributed by atoms with Gasteiger partial charge >= 0.3 is 0 Å². The second-order valence-electron chi connectivity index (χ2n) is 7.38. The SMILES string of the molecule is Cc1cc2cc(-c3c(Cl)nc(N)nc3N[C@@H]3C[C@H](CO)[C@@H](O)[C@H]3O)oc2c(C)n1.Cl. The van der Waals surface area contributed by atoms with E-state index in [-0.39, 0.29) is 35.9 Å². The van der Waals surface area contributed by atoms with Gasteiger partial charge in [-0.2, -0.15) is 4.98 Å². The zero-order valence-corrected chi connectivity index (χ0v) is 17.9. The number of furan rings is 1. The molecule has 11 heteroatoms. The van der Waals surface area contributed by atoms with E-state index in [4.69, 9.17) is 21.8 Å². The van der Waals surface area contributed by atoms with E-state index in [1.165, 1.54) is 0 Å². The molecule has 162 valence electrons. The number of pyridine rings is 1. The number of aliphatic hydroxyl groups is 3. The minimum atomic E-state index is -1.08. The summed E-state index contributed by atoms with van der Waals surface area (Å²) < 4.78 is 6.00. The highest BCUT2D eigenvalue weighted by Crippen LogP contribution is 2.39. The highest BCUT2D eigenvalue weighted by Gasteiger charge is 2.41. The van der Waals surface area contributed by atoms with Gasteiger partial charge in [-0.3, -0.25) is 4.98 Å². The Labute approximate surface area is 183 Å². The van der Waals surface area contributed by atoms with Crippen LogP contribution in [0.25, 0.3) is 22.3 Å². The van der Waals surface area contributed by atoms with Crippen molar-refractivity contribution in [3.8, 4) is 11.3 Å². The molecule has 4 atom stereocenters. The summed E-state index contributed by atoms with van der Waals surface area (Å²) in [5.74, 6) is 0.217. The van der Waals surface area contributed by atoms with E-state index in [1.807, 2.05) is 26.0 Å². The van der Waals surface area contributed by atoms with Gasteiger partial charge in [0.2, 0.25) is 5.95 Å². The summed E-state index contributed by atoms with van der Waals surface area (Å²) >= 11 is 6.38.